The minimum atomic E-state index is -0.739. The summed E-state index contributed by atoms with van der Waals surface area (Å²) in [7, 11) is 10.1. The van der Waals surface area contributed by atoms with Crippen molar-refractivity contribution < 1.29 is 29.3 Å². The largest absolute Gasteiger partial charge is 0.389 e. The van der Waals surface area contributed by atoms with Crippen LogP contribution in [0.3, 0.4) is 0 Å². The molecule has 0 rings (SSSR count). The molecule has 6 N–H and O–H groups in total. The lowest BCUT2D eigenvalue weighted by atomic mass is 10.3. The fraction of sp³-hybridized carbons (Fsp3) is 0.889. The van der Waals surface area contributed by atoms with Crippen LogP contribution in [0.2, 0.25) is 0 Å². The van der Waals surface area contributed by atoms with Gasteiger partial charge in [-0.15, -0.1) is 0 Å². The van der Waals surface area contributed by atoms with Crippen LogP contribution < -0.4 is 21.7 Å². The molecule has 2 atom stereocenters. The third kappa shape index (κ3) is 18.9. The van der Waals surface area contributed by atoms with Crippen LogP contribution in [0, 0.1) is 0 Å². The Labute approximate surface area is 190 Å². The quantitative estimate of drug-likeness (QED) is 0.102. The Morgan fingerprint density at radius 1 is 0.688 bits per heavy atom. The Morgan fingerprint density at radius 3 is 1.34 bits per heavy atom. The zero-order valence-electron chi connectivity index (χ0n) is 20.1. The number of carbonyl (C=O) groups is 2. The third-order valence-electron chi connectivity index (χ3n) is 3.65. The van der Waals surface area contributed by atoms with Gasteiger partial charge in [-0.1, -0.05) is 0 Å². The monoisotopic (exact) mass is 466 g/mol. The van der Waals surface area contributed by atoms with Crippen molar-refractivity contribution in [3.05, 3.63) is 0 Å². The second-order valence-electron chi connectivity index (χ2n) is 7.82. The number of rotatable bonds is 17. The SMILES string of the molecule is CN(C)NC(=O)NN(C)CC(O)COCCCCOCC(O)CN(C)NC(=O)NN(C)C. The molecule has 0 aliphatic carbocycles. The predicted molar refractivity (Wildman–Crippen MR) is 119 cm³/mol. The Hall–Kier alpha value is -1.78. The highest BCUT2D eigenvalue weighted by Gasteiger charge is 2.12. The van der Waals surface area contributed by atoms with Gasteiger partial charge in [0.1, 0.15) is 0 Å². The van der Waals surface area contributed by atoms with E-state index in [2.05, 4.69) is 21.7 Å². The molecule has 32 heavy (non-hydrogen) atoms. The van der Waals surface area contributed by atoms with Crippen molar-refractivity contribution in [2.24, 2.45) is 0 Å². The van der Waals surface area contributed by atoms with Crippen molar-refractivity contribution in [2.45, 2.75) is 25.0 Å². The van der Waals surface area contributed by atoms with E-state index in [0.717, 1.165) is 12.8 Å². The van der Waals surface area contributed by atoms with E-state index in [1.54, 1.807) is 42.3 Å². The van der Waals surface area contributed by atoms with E-state index in [1.165, 1.54) is 20.0 Å². The second-order valence-corrected chi connectivity index (χ2v) is 7.82. The highest BCUT2D eigenvalue weighted by Crippen LogP contribution is 1.96. The molecular formula is C18H42N8O6. The summed E-state index contributed by atoms with van der Waals surface area (Å²) in [4.78, 5) is 23.1. The Morgan fingerprint density at radius 2 is 1.03 bits per heavy atom. The van der Waals surface area contributed by atoms with Crippen LogP contribution in [0.15, 0.2) is 0 Å². The van der Waals surface area contributed by atoms with Crippen molar-refractivity contribution in [3.63, 3.8) is 0 Å². The van der Waals surface area contributed by atoms with Gasteiger partial charge >= 0.3 is 12.1 Å². The summed E-state index contributed by atoms with van der Waals surface area (Å²) in [6, 6.07) is -0.790. The number of nitrogens with zero attached hydrogens (tertiary/aromatic N) is 4. The Balaban J connectivity index is 3.66. The molecule has 0 aliphatic rings. The zero-order valence-corrected chi connectivity index (χ0v) is 20.1. The van der Waals surface area contributed by atoms with Crippen molar-refractivity contribution in [2.75, 3.05) is 81.8 Å². The number of nitrogens with one attached hydrogen (secondary N) is 4. The minimum Gasteiger partial charge on any atom is -0.389 e. The summed E-state index contributed by atoms with van der Waals surface area (Å²) in [5.74, 6) is 0. The molecule has 0 aromatic heterocycles. The number of hydrogen-bond acceptors (Lipinski definition) is 10. The van der Waals surface area contributed by atoms with Crippen LogP contribution in [-0.4, -0.2) is 136 Å². The van der Waals surface area contributed by atoms with Crippen LogP contribution in [-0.2, 0) is 9.47 Å². The maximum absolute atomic E-state index is 11.5. The van der Waals surface area contributed by atoms with E-state index in [-0.39, 0.29) is 26.3 Å². The van der Waals surface area contributed by atoms with E-state index in [4.69, 9.17) is 9.47 Å². The van der Waals surface area contributed by atoms with Gasteiger partial charge in [0.2, 0.25) is 0 Å². The molecule has 14 heteroatoms. The lowest BCUT2D eigenvalue weighted by Gasteiger charge is -2.23. The standard InChI is InChI=1S/C18H42N8O6/c1-23(2)19-17(29)21-25(5)11-15(27)13-31-9-7-8-10-32-14-16(28)12-26(6)22-18(30)20-24(3)4/h15-16,27-28H,7-14H2,1-6H3,(H2,19,21,29)(H2,20,22,30). The number of hydrazine groups is 4. The summed E-state index contributed by atoms with van der Waals surface area (Å²) >= 11 is 0. The third-order valence-corrected chi connectivity index (χ3v) is 3.65. The van der Waals surface area contributed by atoms with Gasteiger partial charge < -0.3 is 19.7 Å². The van der Waals surface area contributed by atoms with Gasteiger partial charge in [0.15, 0.2) is 0 Å². The van der Waals surface area contributed by atoms with Gasteiger partial charge in [0, 0.05) is 68.6 Å². The summed E-state index contributed by atoms with van der Waals surface area (Å²) in [6.45, 7) is 1.69. The van der Waals surface area contributed by atoms with Gasteiger partial charge in [0.05, 0.1) is 25.4 Å². The average molecular weight is 467 g/mol. The number of hydrogen-bond donors (Lipinski definition) is 6. The summed E-state index contributed by atoms with van der Waals surface area (Å²) < 4.78 is 10.9. The van der Waals surface area contributed by atoms with E-state index in [9.17, 15) is 19.8 Å². The molecule has 0 spiro atoms. The first kappa shape index (κ1) is 30.2. The minimum absolute atomic E-state index is 0.154. The molecule has 14 nitrogen and oxygen atoms in total. The summed E-state index contributed by atoms with van der Waals surface area (Å²) in [5, 5.41) is 25.9. The summed E-state index contributed by atoms with van der Waals surface area (Å²) in [6.07, 6.45) is 0.00993. The molecule has 2 unspecified atom stereocenters. The number of carbonyl (C=O) groups excluding carboxylic acids is 2. The molecule has 0 fully saturated rings. The fourth-order valence-corrected chi connectivity index (χ4v) is 2.48. The fourth-order valence-electron chi connectivity index (χ4n) is 2.48. The molecule has 0 aromatic carbocycles. The molecule has 0 aromatic rings. The lowest BCUT2D eigenvalue weighted by Crippen LogP contribution is -2.51. The highest BCUT2D eigenvalue weighted by atomic mass is 16.5. The Bertz CT molecular complexity index is 470. The van der Waals surface area contributed by atoms with Crippen LogP contribution >= 0.6 is 0 Å². The number of ether oxygens (including phenoxy) is 2. The lowest BCUT2D eigenvalue weighted by molar-refractivity contribution is 0.00271. The number of urea groups is 2. The molecular weight excluding hydrogens is 424 g/mol. The van der Waals surface area contributed by atoms with Crippen LogP contribution in [0.25, 0.3) is 0 Å². The van der Waals surface area contributed by atoms with E-state index in [1.807, 2.05) is 0 Å². The number of amides is 4. The van der Waals surface area contributed by atoms with E-state index in [0.29, 0.717) is 13.2 Å². The first-order valence-corrected chi connectivity index (χ1v) is 10.4. The molecule has 0 saturated heterocycles. The molecule has 0 heterocycles. The van der Waals surface area contributed by atoms with Gasteiger partial charge in [-0.3, -0.25) is 21.7 Å². The Kier molecular flexibility index (Phi) is 16.8. The molecule has 0 radical (unpaired) electrons. The van der Waals surface area contributed by atoms with E-state index < -0.39 is 24.3 Å². The van der Waals surface area contributed by atoms with Crippen molar-refractivity contribution >= 4 is 12.1 Å². The van der Waals surface area contributed by atoms with Gasteiger partial charge in [-0.25, -0.2) is 29.6 Å². The first-order chi connectivity index (χ1) is 15.0. The molecule has 4 amide bonds. The number of likely N-dealkylation sites (N-methyl/N-ethyl adjacent to an activating group) is 2. The van der Waals surface area contributed by atoms with Crippen LogP contribution in [0.1, 0.15) is 12.8 Å². The zero-order chi connectivity index (χ0) is 24.5. The maximum Gasteiger partial charge on any atom is 0.343 e. The van der Waals surface area contributed by atoms with Gasteiger partial charge in [-0.2, -0.15) is 0 Å². The predicted octanol–water partition coefficient (Wildman–Crippen LogP) is -2.23. The van der Waals surface area contributed by atoms with Crippen molar-refractivity contribution in [3.8, 4) is 0 Å². The topological polar surface area (TPSA) is 154 Å². The van der Waals surface area contributed by atoms with Crippen LogP contribution in [0.4, 0.5) is 9.59 Å². The highest BCUT2D eigenvalue weighted by molar-refractivity contribution is 5.72. The number of aliphatic hydroxyl groups excluding tert-OH is 2. The van der Waals surface area contributed by atoms with Gasteiger partial charge in [-0.05, 0) is 12.8 Å². The molecule has 0 aliphatic heterocycles. The first-order valence-electron chi connectivity index (χ1n) is 10.4. The van der Waals surface area contributed by atoms with Crippen molar-refractivity contribution in [1.82, 2.24) is 41.7 Å². The second kappa shape index (κ2) is 17.7. The maximum atomic E-state index is 11.5. The van der Waals surface area contributed by atoms with Crippen molar-refractivity contribution in [1.29, 1.82) is 0 Å². The molecule has 0 bridgehead atoms. The van der Waals surface area contributed by atoms with Crippen LogP contribution in [0.5, 0.6) is 0 Å². The normalized spacial score (nSPS) is 13.5. The smallest absolute Gasteiger partial charge is 0.343 e. The summed E-state index contributed by atoms with van der Waals surface area (Å²) in [5.41, 5.74) is 10.2. The number of unbranched alkanes of at least 4 members (excludes halogenated alkanes) is 1. The molecule has 190 valence electrons. The average Bonchev–Trinajstić information content (AvgIpc) is 2.61. The van der Waals surface area contributed by atoms with E-state index >= 15 is 0 Å². The molecule has 0 saturated carbocycles. The van der Waals surface area contributed by atoms with Gasteiger partial charge in [0.25, 0.3) is 0 Å². The number of aliphatic hydroxyl groups is 2.